The predicted molar refractivity (Wildman–Crippen MR) is 48.2 cm³/mol. The number of hydrogen-bond acceptors (Lipinski definition) is 0. The average Bonchev–Trinajstić information content (AvgIpc) is 2.32. The van der Waals surface area contributed by atoms with Gasteiger partial charge in [0.25, 0.3) is 0 Å². The van der Waals surface area contributed by atoms with E-state index < -0.39 is 0 Å². The van der Waals surface area contributed by atoms with E-state index in [-0.39, 0.29) is 0 Å². The lowest BCUT2D eigenvalue weighted by Gasteiger charge is -2.02. The first-order valence-electron chi connectivity index (χ1n) is 4.05. The average molecular weight is 167 g/mol. The summed E-state index contributed by atoms with van der Waals surface area (Å²) in [6.07, 6.45) is 2.49. The third-order valence-electron chi connectivity index (χ3n) is 2.48. The van der Waals surface area contributed by atoms with E-state index in [4.69, 9.17) is 11.6 Å². The van der Waals surface area contributed by atoms with Crippen molar-refractivity contribution in [3.63, 3.8) is 0 Å². The molecule has 0 bridgehead atoms. The van der Waals surface area contributed by atoms with Gasteiger partial charge in [-0.25, -0.2) is 0 Å². The SMILES string of the molecule is C[C@@H]1CCc2cc(Cl)ccc21. The zero-order chi connectivity index (χ0) is 7.84. The van der Waals surface area contributed by atoms with Gasteiger partial charge in [0.2, 0.25) is 0 Å². The topological polar surface area (TPSA) is 0 Å². The van der Waals surface area contributed by atoms with Crippen molar-refractivity contribution in [1.82, 2.24) is 0 Å². The molecule has 0 saturated heterocycles. The number of halogens is 1. The van der Waals surface area contributed by atoms with E-state index in [0.29, 0.717) is 0 Å². The van der Waals surface area contributed by atoms with Gasteiger partial charge < -0.3 is 0 Å². The van der Waals surface area contributed by atoms with Crippen LogP contribution in [-0.4, -0.2) is 0 Å². The molecule has 1 heteroatoms. The van der Waals surface area contributed by atoms with Gasteiger partial charge >= 0.3 is 0 Å². The quantitative estimate of drug-likeness (QED) is 0.554. The van der Waals surface area contributed by atoms with Crippen LogP contribution in [0, 0.1) is 0 Å². The van der Waals surface area contributed by atoms with E-state index in [1.165, 1.54) is 24.0 Å². The van der Waals surface area contributed by atoms with Crippen molar-refractivity contribution in [3.05, 3.63) is 34.3 Å². The molecule has 0 aromatic heterocycles. The van der Waals surface area contributed by atoms with Crippen LogP contribution in [0.5, 0.6) is 0 Å². The molecule has 0 heterocycles. The standard InChI is InChI=1S/C10H11Cl/c1-7-2-3-8-6-9(11)4-5-10(7)8/h4-7H,2-3H2,1H3/t7-/m1/s1. The van der Waals surface area contributed by atoms with Crippen LogP contribution in [0.1, 0.15) is 30.4 Å². The van der Waals surface area contributed by atoms with Crippen LogP contribution in [0.3, 0.4) is 0 Å². The van der Waals surface area contributed by atoms with Crippen LogP contribution < -0.4 is 0 Å². The summed E-state index contributed by atoms with van der Waals surface area (Å²) in [7, 11) is 0. The van der Waals surface area contributed by atoms with E-state index in [1.807, 2.05) is 6.07 Å². The molecule has 1 aliphatic rings. The lowest BCUT2D eigenvalue weighted by atomic mass is 10.0. The maximum absolute atomic E-state index is 5.87. The summed E-state index contributed by atoms with van der Waals surface area (Å²) in [6, 6.07) is 6.25. The van der Waals surface area contributed by atoms with Gasteiger partial charge in [0.05, 0.1) is 0 Å². The summed E-state index contributed by atoms with van der Waals surface area (Å²) in [5.41, 5.74) is 2.94. The Balaban J connectivity index is 2.50. The number of hydrogen-bond donors (Lipinski definition) is 0. The van der Waals surface area contributed by atoms with Gasteiger partial charge in [-0.05, 0) is 42.0 Å². The van der Waals surface area contributed by atoms with Gasteiger partial charge in [0, 0.05) is 5.02 Å². The fourth-order valence-electron chi connectivity index (χ4n) is 1.80. The maximum Gasteiger partial charge on any atom is 0.0408 e. The second kappa shape index (κ2) is 2.53. The zero-order valence-electron chi connectivity index (χ0n) is 6.60. The van der Waals surface area contributed by atoms with Gasteiger partial charge in [-0.15, -0.1) is 0 Å². The van der Waals surface area contributed by atoms with Crippen molar-refractivity contribution < 1.29 is 0 Å². The molecule has 11 heavy (non-hydrogen) atoms. The summed E-state index contributed by atoms with van der Waals surface area (Å²) in [4.78, 5) is 0. The molecular weight excluding hydrogens is 156 g/mol. The molecule has 0 nitrogen and oxygen atoms in total. The second-order valence-corrected chi connectivity index (χ2v) is 3.72. The summed E-state index contributed by atoms with van der Waals surface area (Å²) >= 11 is 5.87. The smallest absolute Gasteiger partial charge is 0.0408 e. The van der Waals surface area contributed by atoms with Crippen molar-refractivity contribution in [1.29, 1.82) is 0 Å². The predicted octanol–water partition coefficient (Wildman–Crippen LogP) is 3.39. The lowest BCUT2D eigenvalue weighted by molar-refractivity contribution is 0.747. The lowest BCUT2D eigenvalue weighted by Crippen LogP contribution is -1.84. The molecule has 0 fully saturated rings. The minimum atomic E-state index is 0.738. The Bertz CT molecular complexity index is 278. The first-order valence-corrected chi connectivity index (χ1v) is 4.43. The highest BCUT2D eigenvalue weighted by atomic mass is 35.5. The Morgan fingerprint density at radius 1 is 1.45 bits per heavy atom. The van der Waals surface area contributed by atoms with E-state index in [0.717, 1.165) is 10.9 Å². The molecule has 0 unspecified atom stereocenters. The second-order valence-electron chi connectivity index (χ2n) is 3.28. The van der Waals surface area contributed by atoms with Gasteiger partial charge in [-0.2, -0.15) is 0 Å². The fourth-order valence-corrected chi connectivity index (χ4v) is 1.99. The monoisotopic (exact) mass is 166 g/mol. The largest absolute Gasteiger partial charge is 0.0843 e. The van der Waals surface area contributed by atoms with Crippen LogP contribution in [-0.2, 0) is 6.42 Å². The normalized spacial score (nSPS) is 21.8. The molecule has 0 aliphatic heterocycles. The van der Waals surface area contributed by atoms with Crippen molar-refractivity contribution in [3.8, 4) is 0 Å². The molecule has 0 amide bonds. The van der Waals surface area contributed by atoms with Crippen molar-refractivity contribution in [2.45, 2.75) is 25.7 Å². The van der Waals surface area contributed by atoms with Crippen molar-refractivity contribution >= 4 is 11.6 Å². The molecule has 0 radical (unpaired) electrons. The maximum atomic E-state index is 5.87. The van der Waals surface area contributed by atoms with E-state index in [2.05, 4.69) is 19.1 Å². The molecule has 1 atom stereocenters. The first-order chi connectivity index (χ1) is 5.27. The Labute approximate surface area is 72.2 Å². The minimum Gasteiger partial charge on any atom is -0.0843 e. The van der Waals surface area contributed by atoms with Crippen LogP contribution in [0.25, 0.3) is 0 Å². The number of fused-ring (bicyclic) bond motifs is 1. The Hall–Kier alpha value is -0.490. The highest BCUT2D eigenvalue weighted by molar-refractivity contribution is 6.30. The molecule has 0 saturated carbocycles. The summed E-state index contributed by atoms with van der Waals surface area (Å²) in [5, 5.41) is 0.873. The number of rotatable bonds is 0. The summed E-state index contributed by atoms with van der Waals surface area (Å²) < 4.78 is 0. The Kier molecular flexibility index (Phi) is 1.65. The summed E-state index contributed by atoms with van der Waals surface area (Å²) in [6.45, 7) is 2.28. The minimum absolute atomic E-state index is 0.738. The third-order valence-corrected chi connectivity index (χ3v) is 2.72. The highest BCUT2D eigenvalue weighted by Gasteiger charge is 2.17. The van der Waals surface area contributed by atoms with E-state index >= 15 is 0 Å². The molecule has 1 aromatic carbocycles. The van der Waals surface area contributed by atoms with E-state index in [9.17, 15) is 0 Å². The van der Waals surface area contributed by atoms with Crippen LogP contribution in [0.15, 0.2) is 18.2 Å². The van der Waals surface area contributed by atoms with Crippen LogP contribution >= 0.6 is 11.6 Å². The number of benzene rings is 1. The van der Waals surface area contributed by atoms with Gasteiger partial charge in [0.1, 0.15) is 0 Å². The Morgan fingerprint density at radius 3 is 3.09 bits per heavy atom. The molecule has 1 aromatic rings. The molecular formula is C10H11Cl. The van der Waals surface area contributed by atoms with E-state index in [1.54, 1.807) is 0 Å². The molecule has 2 rings (SSSR count). The first kappa shape index (κ1) is 7.17. The molecule has 0 N–H and O–H groups in total. The van der Waals surface area contributed by atoms with Crippen LogP contribution in [0.4, 0.5) is 0 Å². The van der Waals surface area contributed by atoms with Crippen molar-refractivity contribution in [2.24, 2.45) is 0 Å². The van der Waals surface area contributed by atoms with Gasteiger partial charge in [-0.1, -0.05) is 24.6 Å². The molecule has 0 spiro atoms. The zero-order valence-corrected chi connectivity index (χ0v) is 7.36. The highest BCUT2D eigenvalue weighted by Crippen LogP contribution is 2.33. The Morgan fingerprint density at radius 2 is 2.27 bits per heavy atom. The van der Waals surface area contributed by atoms with Crippen LogP contribution in [0.2, 0.25) is 5.02 Å². The fraction of sp³-hybridized carbons (Fsp3) is 0.400. The van der Waals surface area contributed by atoms with Crippen molar-refractivity contribution in [2.75, 3.05) is 0 Å². The summed E-state index contributed by atoms with van der Waals surface area (Å²) in [5.74, 6) is 0.738. The van der Waals surface area contributed by atoms with Gasteiger partial charge in [0.15, 0.2) is 0 Å². The molecule has 1 aliphatic carbocycles. The molecule has 58 valence electrons. The third kappa shape index (κ3) is 1.16. The van der Waals surface area contributed by atoms with Gasteiger partial charge in [-0.3, -0.25) is 0 Å². The number of aryl methyl sites for hydroxylation is 1.